The minimum Gasteiger partial charge on any atom is -0.467 e. The standard InChI is InChI=1S/C19H15ClN4O2S/c20-14-6-4-13(5-7-14)15-11-16(17-3-1-10-26-17)24(23-15)18(25)12-27-19-21-8-2-9-22-19/h1-11,16,23H,12H2/t16-/m0/s1. The highest BCUT2D eigenvalue weighted by atomic mass is 35.5. The van der Waals surface area contributed by atoms with Gasteiger partial charge in [0.1, 0.15) is 11.8 Å². The van der Waals surface area contributed by atoms with Gasteiger partial charge < -0.3 is 4.42 Å². The first-order chi connectivity index (χ1) is 13.2. The molecule has 0 fully saturated rings. The lowest BCUT2D eigenvalue weighted by atomic mass is 10.1. The van der Waals surface area contributed by atoms with E-state index in [-0.39, 0.29) is 17.7 Å². The van der Waals surface area contributed by atoms with Crippen LogP contribution in [-0.2, 0) is 4.79 Å². The van der Waals surface area contributed by atoms with Crippen LogP contribution in [0, 0.1) is 0 Å². The van der Waals surface area contributed by atoms with E-state index in [0.29, 0.717) is 15.9 Å². The van der Waals surface area contributed by atoms with E-state index >= 15 is 0 Å². The molecule has 6 nitrogen and oxygen atoms in total. The van der Waals surface area contributed by atoms with Crippen molar-refractivity contribution in [3.63, 3.8) is 0 Å². The van der Waals surface area contributed by atoms with Gasteiger partial charge in [-0.1, -0.05) is 35.5 Å². The Hall–Kier alpha value is -2.77. The summed E-state index contributed by atoms with van der Waals surface area (Å²) in [5, 5.41) is 2.79. The maximum atomic E-state index is 12.8. The summed E-state index contributed by atoms with van der Waals surface area (Å²) in [6, 6.07) is 12.5. The Bertz CT molecular complexity index is 946. The SMILES string of the molecule is O=C(CSc1ncccn1)N1NC(c2ccc(Cl)cc2)=C[C@H]1c1ccco1. The van der Waals surface area contributed by atoms with Crippen LogP contribution in [0.4, 0.5) is 0 Å². The fourth-order valence-corrected chi connectivity index (χ4v) is 3.49. The average molecular weight is 399 g/mol. The number of hydrogen-bond acceptors (Lipinski definition) is 6. The Labute approximate surface area is 165 Å². The predicted molar refractivity (Wildman–Crippen MR) is 104 cm³/mol. The van der Waals surface area contributed by atoms with Gasteiger partial charge in [0, 0.05) is 17.4 Å². The summed E-state index contributed by atoms with van der Waals surface area (Å²) in [5.74, 6) is 0.783. The molecule has 3 heterocycles. The maximum Gasteiger partial charge on any atom is 0.252 e. The largest absolute Gasteiger partial charge is 0.467 e. The molecule has 1 aromatic carbocycles. The van der Waals surface area contributed by atoms with Crippen molar-refractivity contribution < 1.29 is 9.21 Å². The van der Waals surface area contributed by atoms with E-state index in [1.165, 1.54) is 11.8 Å². The van der Waals surface area contributed by atoms with Crippen molar-refractivity contribution in [2.45, 2.75) is 11.2 Å². The zero-order valence-corrected chi connectivity index (χ0v) is 15.7. The molecule has 1 N–H and O–H groups in total. The molecule has 2 aromatic heterocycles. The van der Waals surface area contributed by atoms with Crippen molar-refractivity contribution in [2.24, 2.45) is 0 Å². The van der Waals surface area contributed by atoms with Crippen molar-refractivity contribution >= 4 is 35.0 Å². The normalized spacial score (nSPS) is 16.1. The van der Waals surface area contributed by atoms with E-state index in [1.54, 1.807) is 35.8 Å². The second kappa shape index (κ2) is 7.85. The number of furan rings is 1. The van der Waals surface area contributed by atoms with Gasteiger partial charge in [-0.3, -0.25) is 10.2 Å². The third-order valence-corrected chi connectivity index (χ3v) is 5.08. The third kappa shape index (κ3) is 3.99. The molecule has 4 rings (SSSR count). The molecule has 136 valence electrons. The Balaban J connectivity index is 1.54. The molecule has 8 heteroatoms. The van der Waals surface area contributed by atoms with Crippen LogP contribution < -0.4 is 5.43 Å². The highest BCUT2D eigenvalue weighted by Crippen LogP contribution is 2.32. The first-order valence-corrected chi connectivity index (χ1v) is 9.57. The van der Waals surface area contributed by atoms with Crippen molar-refractivity contribution in [3.05, 3.63) is 83.5 Å². The number of halogens is 1. The Morgan fingerprint density at radius 3 is 2.67 bits per heavy atom. The molecule has 0 aliphatic carbocycles. The molecule has 0 radical (unpaired) electrons. The molecule has 3 aromatic rings. The van der Waals surface area contributed by atoms with Gasteiger partial charge in [-0.15, -0.1) is 0 Å². The van der Waals surface area contributed by atoms with E-state index in [9.17, 15) is 4.79 Å². The number of aromatic nitrogens is 2. The van der Waals surface area contributed by atoms with Crippen LogP contribution in [0.5, 0.6) is 0 Å². The molecule has 0 spiro atoms. The summed E-state index contributed by atoms with van der Waals surface area (Å²) < 4.78 is 5.53. The Morgan fingerprint density at radius 2 is 1.96 bits per heavy atom. The lowest BCUT2D eigenvalue weighted by Gasteiger charge is -2.23. The van der Waals surface area contributed by atoms with E-state index in [2.05, 4.69) is 15.4 Å². The van der Waals surface area contributed by atoms with Gasteiger partial charge in [0.2, 0.25) is 0 Å². The summed E-state index contributed by atoms with van der Waals surface area (Å²) in [5.41, 5.74) is 4.95. The van der Waals surface area contributed by atoms with E-state index < -0.39 is 0 Å². The minimum atomic E-state index is -0.338. The molecule has 0 saturated carbocycles. The molecule has 1 aliphatic heterocycles. The molecule has 0 bridgehead atoms. The summed E-state index contributed by atoms with van der Waals surface area (Å²) in [6.45, 7) is 0. The average Bonchev–Trinajstić information content (AvgIpc) is 3.37. The maximum absolute atomic E-state index is 12.8. The fraction of sp³-hybridized carbons (Fsp3) is 0.105. The first kappa shape index (κ1) is 17.6. The second-order valence-corrected chi connectivity index (χ2v) is 7.12. The van der Waals surface area contributed by atoms with Gasteiger partial charge in [-0.05, 0) is 42.0 Å². The summed E-state index contributed by atoms with van der Waals surface area (Å²) in [7, 11) is 0. The molecule has 0 saturated heterocycles. The monoisotopic (exact) mass is 398 g/mol. The van der Waals surface area contributed by atoms with Crippen LogP contribution >= 0.6 is 23.4 Å². The molecular formula is C19H15ClN4O2S. The van der Waals surface area contributed by atoms with Crippen LogP contribution in [0.15, 0.2) is 76.8 Å². The lowest BCUT2D eigenvalue weighted by molar-refractivity contribution is -0.131. The zero-order chi connectivity index (χ0) is 18.6. The van der Waals surface area contributed by atoms with Gasteiger partial charge >= 0.3 is 0 Å². The molecule has 1 atom stereocenters. The van der Waals surface area contributed by atoms with Crippen LogP contribution in [-0.4, -0.2) is 26.6 Å². The first-order valence-electron chi connectivity index (χ1n) is 8.20. The number of nitrogens with zero attached hydrogens (tertiary/aromatic N) is 3. The van der Waals surface area contributed by atoms with E-state index in [4.69, 9.17) is 16.0 Å². The van der Waals surface area contributed by atoms with Crippen molar-refractivity contribution in [1.29, 1.82) is 0 Å². The highest BCUT2D eigenvalue weighted by molar-refractivity contribution is 7.99. The third-order valence-electron chi connectivity index (χ3n) is 3.97. The second-order valence-electron chi connectivity index (χ2n) is 5.74. The van der Waals surface area contributed by atoms with Gasteiger partial charge in [0.15, 0.2) is 5.16 Å². The lowest BCUT2D eigenvalue weighted by Crippen LogP contribution is -2.40. The number of nitrogens with one attached hydrogen (secondary N) is 1. The van der Waals surface area contributed by atoms with Crippen molar-refractivity contribution in [3.8, 4) is 0 Å². The number of hydrazine groups is 1. The topological polar surface area (TPSA) is 71.3 Å². The summed E-state index contributed by atoms with van der Waals surface area (Å²) in [6.07, 6.45) is 6.86. The summed E-state index contributed by atoms with van der Waals surface area (Å²) >= 11 is 7.26. The molecule has 0 unspecified atom stereocenters. The van der Waals surface area contributed by atoms with Gasteiger partial charge in [0.25, 0.3) is 5.91 Å². The highest BCUT2D eigenvalue weighted by Gasteiger charge is 2.32. The van der Waals surface area contributed by atoms with Crippen molar-refractivity contribution in [1.82, 2.24) is 20.4 Å². The fourth-order valence-electron chi connectivity index (χ4n) is 2.70. The summed E-state index contributed by atoms with van der Waals surface area (Å²) in [4.78, 5) is 21.1. The Morgan fingerprint density at radius 1 is 1.19 bits per heavy atom. The van der Waals surface area contributed by atoms with Crippen LogP contribution in [0.3, 0.4) is 0 Å². The molecule has 27 heavy (non-hydrogen) atoms. The number of rotatable bonds is 5. The minimum absolute atomic E-state index is 0.103. The smallest absolute Gasteiger partial charge is 0.252 e. The quantitative estimate of drug-likeness (QED) is 0.518. The predicted octanol–water partition coefficient (Wildman–Crippen LogP) is 3.94. The zero-order valence-electron chi connectivity index (χ0n) is 14.1. The molecule has 1 aliphatic rings. The van der Waals surface area contributed by atoms with Crippen LogP contribution in [0.25, 0.3) is 5.70 Å². The number of hydrogen-bond donors (Lipinski definition) is 1. The van der Waals surface area contributed by atoms with Crippen molar-refractivity contribution in [2.75, 3.05) is 5.75 Å². The number of amides is 1. The van der Waals surface area contributed by atoms with E-state index in [1.807, 2.05) is 36.4 Å². The molecule has 1 amide bonds. The number of carbonyl (C=O) groups excluding carboxylic acids is 1. The Kier molecular flexibility index (Phi) is 5.13. The van der Waals surface area contributed by atoms with Gasteiger partial charge in [0.05, 0.1) is 17.7 Å². The molecular weight excluding hydrogens is 384 g/mol. The number of carbonyl (C=O) groups is 1. The van der Waals surface area contributed by atoms with Gasteiger partial charge in [-0.25, -0.2) is 15.0 Å². The van der Waals surface area contributed by atoms with E-state index in [0.717, 1.165) is 11.3 Å². The number of thioether (sulfide) groups is 1. The van der Waals surface area contributed by atoms with Gasteiger partial charge in [-0.2, -0.15) is 0 Å². The van der Waals surface area contributed by atoms with Crippen LogP contribution in [0.2, 0.25) is 5.02 Å². The van der Waals surface area contributed by atoms with Crippen LogP contribution in [0.1, 0.15) is 17.4 Å². The number of benzene rings is 1.